The zero-order valence-corrected chi connectivity index (χ0v) is 16.5. The minimum atomic E-state index is -3.53. The van der Waals surface area contributed by atoms with E-state index in [1.54, 1.807) is 45.0 Å². The van der Waals surface area contributed by atoms with E-state index in [1.165, 1.54) is 4.31 Å². The fourth-order valence-electron chi connectivity index (χ4n) is 2.52. The first-order chi connectivity index (χ1) is 11.1. The van der Waals surface area contributed by atoms with Crippen LogP contribution in [0.25, 0.3) is 0 Å². The highest BCUT2D eigenvalue weighted by atomic mass is 79.9. The van der Waals surface area contributed by atoms with Gasteiger partial charge in [-0.25, -0.2) is 13.2 Å². The maximum Gasteiger partial charge on any atom is 0.407 e. The summed E-state index contributed by atoms with van der Waals surface area (Å²) in [7, 11) is -3.53. The Bertz CT molecular complexity index is 700. The molecular formula is C16H23BrN2O4S. The Kier molecular flexibility index (Phi) is 5.93. The second-order valence-corrected chi connectivity index (χ2v) is 9.59. The number of carbonyl (C=O) groups is 1. The lowest BCUT2D eigenvalue weighted by Crippen LogP contribution is -2.36. The van der Waals surface area contributed by atoms with Gasteiger partial charge >= 0.3 is 6.09 Å². The number of nitrogens with zero attached hydrogens (tertiary/aromatic N) is 1. The number of halogens is 1. The van der Waals surface area contributed by atoms with Crippen molar-refractivity contribution in [2.24, 2.45) is 5.92 Å². The molecule has 1 aliphatic heterocycles. The maximum atomic E-state index is 12.7. The fourth-order valence-corrected chi connectivity index (χ4v) is 5.01. The fraction of sp³-hybridized carbons (Fsp3) is 0.562. The van der Waals surface area contributed by atoms with Crippen LogP contribution in [0.2, 0.25) is 0 Å². The lowest BCUT2D eigenvalue weighted by Gasteiger charge is -2.21. The molecule has 1 N–H and O–H groups in total. The summed E-state index contributed by atoms with van der Waals surface area (Å²) >= 11 is 3.29. The smallest absolute Gasteiger partial charge is 0.407 e. The molecule has 0 saturated carbocycles. The van der Waals surface area contributed by atoms with Crippen LogP contribution in [0.4, 0.5) is 4.79 Å². The van der Waals surface area contributed by atoms with Crippen LogP contribution in [0.3, 0.4) is 0 Å². The molecule has 24 heavy (non-hydrogen) atoms. The van der Waals surface area contributed by atoms with Crippen LogP contribution < -0.4 is 5.32 Å². The Morgan fingerprint density at radius 3 is 2.67 bits per heavy atom. The molecule has 1 amide bonds. The van der Waals surface area contributed by atoms with Crippen molar-refractivity contribution in [1.29, 1.82) is 0 Å². The summed E-state index contributed by atoms with van der Waals surface area (Å²) in [5, 5.41) is 2.71. The molecule has 1 atom stereocenters. The molecular weight excluding hydrogens is 396 g/mol. The number of ether oxygens (including phenoxy) is 1. The molecule has 0 spiro atoms. The van der Waals surface area contributed by atoms with E-state index in [2.05, 4.69) is 21.2 Å². The highest BCUT2D eigenvalue weighted by molar-refractivity contribution is 9.10. The summed E-state index contributed by atoms with van der Waals surface area (Å²) in [5.41, 5.74) is -0.547. The standard InChI is InChI=1S/C16H23BrN2O4S/c1-16(2,3)23-15(20)18-10-12-8-9-19(11-12)24(21,22)14-7-5-4-6-13(14)17/h4-7,12H,8-11H2,1-3H3,(H,18,20)/t12-/m1/s1. The SMILES string of the molecule is CC(C)(C)OC(=O)NC[C@H]1CCN(S(=O)(=O)c2ccccc2Br)C1. The second kappa shape index (κ2) is 7.41. The summed E-state index contributed by atoms with van der Waals surface area (Å²) < 4.78 is 32.6. The largest absolute Gasteiger partial charge is 0.444 e. The van der Waals surface area contributed by atoms with Crippen LogP contribution in [0.15, 0.2) is 33.6 Å². The molecule has 8 heteroatoms. The molecule has 134 valence electrons. The first kappa shape index (κ1) is 19.2. The Morgan fingerprint density at radius 2 is 2.04 bits per heavy atom. The van der Waals surface area contributed by atoms with Gasteiger partial charge in [0.1, 0.15) is 5.60 Å². The first-order valence-electron chi connectivity index (χ1n) is 7.81. The molecule has 6 nitrogen and oxygen atoms in total. The highest BCUT2D eigenvalue weighted by Crippen LogP contribution is 2.28. The summed E-state index contributed by atoms with van der Waals surface area (Å²) in [6.45, 7) is 6.64. The maximum absolute atomic E-state index is 12.7. The van der Waals surface area contributed by atoms with Gasteiger partial charge < -0.3 is 10.1 Å². The number of nitrogens with one attached hydrogen (secondary N) is 1. The minimum absolute atomic E-state index is 0.0785. The summed E-state index contributed by atoms with van der Waals surface area (Å²) in [5.74, 6) is 0.0785. The third-order valence-corrected chi connectivity index (χ3v) is 6.51. The Morgan fingerprint density at radius 1 is 1.38 bits per heavy atom. The lowest BCUT2D eigenvalue weighted by molar-refractivity contribution is 0.0520. The van der Waals surface area contributed by atoms with Gasteiger partial charge in [0, 0.05) is 24.1 Å². The van der Waals surface area contributed by atoms with Crippen molar-refractivity contribution in [3.8, 4) is 0 Å². The van der Waals surface area contributed by atoms with E-state index in [1.807, 2.05) is 0 Å². The van der Waals surface area contributed by atoms with Crippen LogP contribution >= 0.6 is 15.9 Å². The predicted octanol–water partition coefficient (Wildman–Crippen LogP) is 2.98. The van der Waals surface area contributed by atoms with Gasteiger partial charge in [0.05, 0.1) is 4.90 Å². The van der Waals surface area contributed by atoms with Gasteiger partial charge in [-0.15, -0.1) is 0 Å². The van der Waals surface area contributed by atoms with Crippen molar-refractivity contribution in [1.82, 2.24) is 9.62 Å². The van der Waals surface area contributed by atoms with E-state index in [9.17, 15) is 13.2 Å². The molecule has 1 saturated heterocycles. The molecule has 0 aliphatic carbocycles. The van der Waals surface area contributed by atoms with E-state index in [4.69, 9.17) is 4.74 Å². The number of benzene rings is 1. The van der Waals surface area contributed by atoms with Gasteiger partial charge in [0.15, 0.2) is 0 Å². The van der Waals surface area contributed by atoms with Gasteiger partial charge in [-0.05, 0) is 61.2 Å². The topological polar surface area (TPSA) is 75.7 Å². The number of alkyl carbamates (subject to hydrolysis) is 1. The number of carbonyl (C=O) groups excluding carboxylic acids is 1. The molecule has 0 unspecified atom stereocenters. The van der Waals surface area contributed by atoms with Crippen LogP contribution in [0.5, 0.6) is 0 Å². The molecule has 1 fully saturated rings. The van der Waals surface area contributed by atoms with E-state index in [0.717, 1.165) is 0 Å². The van der Waals surface area contributed by atoms with E-state index >= 15 is 0 Å². The van der Waals surface area contributed by atoms with Gasteiger partial charge in [-0.1, -0.05) is 12.1 Å². The summed E-state index contributed by atoms with van der Waals surface area (Å²) in [6.07, 6.45) is 0.231. The van der Waals surface area contributed by atoms with Crippen molar-refractivity contribution < 1.29 is 17.9 Å². The average Bonchev–Trinajstić information content (AvgIpc) is 2.93. The van der Waals surface area contributed by atoms with Crippen molar-refractivity contribution in [3.05, 3.63) is 28.7 Å². The van der Waals surface area contributed by atoms with Crippen molar-refractivity contribution in [3.63, 3.8) is 0 Å². The van der Waals surface area contributed by atoms with Crippen LogP contribution in [-0.4, -0.2) is 44.1 Å². The summed E-state index contributed by atoms with van der Waals surface area (Å²) in [6, 6.07) is 6.78. The van der Waals surface area contributed by atoms with E-state index in [0.29, 0.717) is 30.5 Å². The van der Waals surface area contributed by atoms with E-state index < -0.39 is 21.7 Å². The van der Waals surface area contributed by atoms with Crippen molar-refractivity contribution >= 4 is 32.0 Å². The van der Waals surface area contributed by atoms with Gasteiger partial charge in [-0.3, -0.25) is 0 Å². The number of rotatable bonds is 4. The number of hydrogen-bond donors (Lipinski definition) is 1. The molecule has 1 aliphatic rings. The van der Waals surface area contributed by atoms with Crippen LogP contribution in [0, 0.1) is 5.92 Å². The molecule has 0 bridgehead atoms. The van der Waals surface area contributed by atoms with Crippen LogP contribution in [0.1, 0.15) is 27.2 Å². The molecule has 0 aromatic heterocycles. The Hall–Kier alpha value is -1.12. The van der Waals surface area contributed by atoms with Crippen molar-refractivity contribution in [2.75, 3.05) is 19.6 Å². The highest BCUT2D eigenvalue weighted by Gasteiger charge is 2.33. The average molecular weight is 419 g/mol. The summed E-state index contributed by atoms with van der Waals surface area (Å²) in [4.78, 5) is 12.0. The second-order valence-electron chi connectivity index (χ2n) is 6.83. The molecule has 2 rings (SSSR count). The van der Waals surface area contributed by atoms with Gasteiger partial charge in [0.2, 0.25) is 10.0 Å². The van der Waals surface area contributed by atoms with E-state index in [-0.39, 0.29) is 10.8 Å². The number of sulfonamides is 1. The van der Waals surface area contributed by atoms with Crippen LogP contribution in [-0.2, 0) is 14.8 Å². The molecule has 1 heterocycles. The quantitative estimate of drug-likeness (QED) is 0.814. The van der Waals surface area contributed by atoms with Gasteiger partial charge in [0.25, 0.3) is 0 Å². The molecule has 1 aromatic rings. The Balaban J connectivity index is 1.93. The number of hydrogen-bond acceptors (Lipinski definition) is 4. The third kappa shape index (κ3) is 4.94. The normalized spacial score (nSPS) is 19.2. The van der Waals surface area contributed by atoms with Crippen molar-refractivity contribution in [2.45, 2.75) is 37.7 Å². The third-order valence-electron chi connectivity index (χ3n) is 3.64. The lowest BCUT2D eigenvalue weighted by atomic mass is 10.1. The number of amides is 1. The first-order valence-corrected chi connectivity index (χ1v) is 10.0. The zero-order chi connectivity index (χ0) is 18.0. The zero-order valence-electron chi connectivity index (χ0n) is 14.1. The Labute approximate surface area is 151 Å². The molecule has 1 aromatic carbocycles. The van der Waals surface area contributed by atoms with Gasteiger partial charge in [-0.2, -0.15) is 4.31 Å². The molecule has 0 radical (unpaired) electrons. The minimum Gasteiger partial charge on any atom is -0.444 e. The monoisotopic (exact) mass is 418 g/mol. The predicted molar refractivity (Wildman–Crippen MR) is 95.2 cm³/mol.